The second-order valence-electron chi connectivity index (χ2n) is 16.1. The number of carbonyl (C=O) groups excluding carboxylic acids is 1. The lowest BCUT2D eigenvalue weighted by molar-refractivity contribution is -0.141. The Hall–Kier alpha value is -5.70. The van der Waals surface area contributed by atoms with Crippen LogP contribution in [0.5, 0.6) is 28.7 Å². The number of methoxy groups -OCH3 is 1. The van der Waals surface area contributed by atoms with Gasteiger partial charge < -0.3 is 45.5 Å². The van der Waals surface area contributed by atoms with Crippen LogP contribution in [0.1, 0.15) is 82.8 Å². The Labute approximate surface area is 332 Å². The molecule has 6 atom stereocenters. The molecule has 1 spiro atoms. The van der Waals surface area contributed by atoms with Crippen LogP contribution < -0.4 is 30.6 Å². The van der Waals surface area contributed by atoms with Crippen molar-refractivity contribution in [2.24, 2.45) is 5.92 Å². The number of aromatic nitrogens is 1. The predicted molar refractivity (Wildman–Crippen MR) is 217 cm³/mol. The summed E-state index contributed by atoms with van der Waals surface area (Å²) < 4.78 is 25.9. The maximum atomic E-state index is 12.5. The summed E-state index contributed by atoms with van der Waals surface area (Å²) in [5.41, 5.74) is 15.0. The number of hydrogen-bond donors (Lipinski definition) is 5. The number of aromatic hydroxyl groups is 2. The first-order valence-corrected chi connectivity index (χ1v) is 19.8. The van der Waals surface area contributed by atoms with Crippen LogP contribution >= 0.6 is 0 Å². The van der Waals surface area contributed by atoms with E-state index in [9.17, 15) is 15.0 Å². The minimum Gasteiger partial charge on any atom is -0.508 e. The van der Waals surface area contributed by atoms with Crippen molar-refractivity contribution in [1.29, 1.82) is 0 Å². The zero-order chi connectivity index (χ0) is 39.6. The number of benzene rings is 3. The van der Waals surface area contributed by atoms with Crippen molar-refractivity contribution in [2.75, 3.05) is 40.1 Å². The lowest BCUT2D eigenvalue weighted by atomic mass is 9.65. The monoisotopic (exact) mass is 768 g/mol. The van der Waals surface area contributed by atoms with E-state index in [0.29, 0.717) is 47.5 Å². The molecule has 1 aromatic heterocycles. The van der Waals surface area contributed by atoms with Gasteiger partial charge in [0, 0.05) is 59.2 Å². The van der Waals surface area contributed by atoms with Crippen molar-refractivity contribution in [3.63, 3.8) is 0 Å². The topological polar surface area (TPSA) is 157 Å². The van der Waals surface area contributed by atoms with E-state index in [-0.39, 0.29) is 48.1 Å². The van der Waals surface area contributed by atoms with Gasteiger partial charge in [-0.25, -0.2) is 4.98 Å². The number of likely N-dealkylation sites (N-methyl/N-ethyl adjacent to an activating group) is 2. The molecule has 0 saturated heterocycles. The minimum absolute atomic E-state index is 0.00128. The standard InChI is InChI=1S/C46H48N4O7/c1-24(51)55-23-33-30-9-10-31-40-28(17-29(52)19-37(40)54-4)21-46-15-14-25(20-46)16-26-8-13-39(47)50-34(26)7-5-6-27-18-36(53)43-32(41(27)44(33)57-45(30)42(31)46)11-12-35(49-3)38(56-43)22-48-2/h8-13,17-19,25,33,35,38,44,48-49,52-53H,6,14-16,20-23H2,1-4H3,(H2,47,50)/t25-,33-,35+,38-,44+,46-/m1/s1. The van der Waals surface area contributed by atoms with Gasteiger partial charge in [-0.3, -0.25) is 4.79 Å². The Morgan fingerprint density at radius 3 is 2.74 bits per heavy atom. The largest absolute Gasteiger partial charge is 0.508 e. The molecule has 4 aromatic rings. The number of carbonyl (C=O) groups is 1. The van der Waals surface area contributed by atoms with Crippen molar-refractivity contribution in [3.8, 4) is 51.7 Å². The molecule has 57 heavy (non-hydrogen) atoms. The molecule has 9 rings (SSSR count). The van der Waals surface area contributed by atoms with Gasteiger partial charge in [0.05, 0.1) is 19.1 Å². The molecule has 11 nitrogen and oxygen atoms in total. The zero-order valence-electron chi connectivity index (χ0n) is 32.7. The van der Waals surface area contributed by atoms with Gasteiger partial charge in [-0.1, -0.05) is 36.3 Å². The van der Waals surface area contributed by atoms with E-state index in [4.69, 9.17) is 29.7 Å². The smallest absolute Gasteiger partial charge is 0.302 e. The molecule has 11 heteroatoms. The first kappa shape index (κ1) is 36.9. The average Bonchev–Trinajstić information content (AvgIpc) is 3.69. The van der Waals surface area contributed by atoms with Crippen molar-refractivity contribution in [3.05, 3.63) is 93.2 Å². The molecule has 3 aliphatic heterocycles. The van der Waals surface area contributed by atoms with Crippen LogP contribution in [0.25, 0.3) is 17.2 Å². The predicted octanol–water partition coefficient (Wildman–Crippen LogP) is 5.86. The van der Waals surface area contributed by atoms with E-state index < -0.39 is 12.0 Å². The van der Waals surface area contributed by atoms with Crippen LogP contribution in [0.15, 0.2) is 48.5 Å². The first-order chi connectivity index (χ1) is 27.6. The number of hydrogen-bond acceptors (Lipinski definition) is 11. The van der Waals surface area contributed by atoms with Crippen molar-refractivity contribution in [1.82, 2.24) is 15.6 Å². The second kappa shape index (κ2) is 14.4. The summed E-state index contributed by atoms with van der Waals surface area (Å²) in [5, 5.41) is 29.2. The fourth-order valence-corrected chi connectivity index (χ4v) is 10.3. The summed E-state index contributed by atoms with van der Waals surface area (Å²) in [7, 11) is 5.39. The molecule has 4 bridgehead atoms. The number of nitrogens with zero attached hydrogens (tertiary/aromatic N) is 1. The van der Waals surface area contributed by atoms with E-state index in [1.54, 1.807) is 19.2 Å². The van der Waals surface area contributed by atoms with Gasteiger partial charge in [-0.15, -0.1) is 0 Å². The molecule has 5 aliphatic rings. The molecule has 6 N–H and O–H groups in total. The highest BCUT2D eigenvalue weighted by atomic mass is 16.5. The minimum atomic E-state index is -0.636. The molecule has 3 aromatic carbocycles. The number of anilines is 1. The van der Waals surface area contributed by atoms with Gasteiger partial charge in [0.15, 0.2) is 11.5 Å². The number of nitrogens with two attached hydrogens (primary N) is 1. The van der Waals surface area contributed by atoms with E-state index in [0.717, 1.165) is 75.9 Å². The Balaban J connectivity index is 1.33. The zero-order valence-corrected chi connectivity index (χ0v) is 32.7. The van der Waals surface area contributed by atoms with E-state index in [1.807, 2.05) is 32.3 Å². The number of nitrogens with one attached hydrogen (secondary N) is 2. The molecule has 0 radical (unpaired) electrons. The highest BCUT2D eigenvalue weighted by molar-refractivity contribution is 5.84. The number of ether oxygens (including phenoxy) is 4. The number of pyridine rings is 1. The molecule has 1 fully saturated rings. The Morgan fingerprint density at radius 1 is 1.09 bits per heavy atom. The lowest BCUT2D eigenvalue weighted by Crippen LogP contribution is -2.44. The van der Waals surface area contributed by atoms with Crippen molar-refractivity contribution < 1.29 is 34.0 Å². The van der Waals surface area contributed by atoms with Gasteiger partial charge in [-0.2, -0.15) is 0 Å². The summed E-state index contributed by atoms with van der Waals surface area (Å²) in [4.78, 5) is 17.2. The summed E-state index contributed by atoms with van der Waals surface area (Å²) >= 11 is 0. The SMILES string of the molecule is CNC[C@H]1Oc2c(O)cc3c(c2C=C[C@@H]1NC)[C@H]1Oc2c(ccc4c2[C@@]2(CC[C@H](Cc5ccc(N)nc5C#CC3)C2)Cc2cc(O)cc(OC)c2-4)[C@H]1COC(C)=O. The van der Waals surface area contributed by atoms with Crippen LogP contribution in [0, 0.1) is 17.8 Å². The van der Waals surface area contributed by atoms with Crippen LogP contribution in [-0.2, 0) is 34.2 Å². The van der Waals surface area contributed by atoms with Gasteiger partial charge in [-0.05, 0) is 98.5 Å². The van der Waals surface area contributed by atoms with Gasteiger partial charge in [0.1, 0.15) is 47.6 Å². The molecule has 0 unspecified atom stereocenters. The van der Waals surface area contributed by atoms with Crippen molar-refractivity contribution >= 4 is 17.9 Å². The third-order valence-electron chi connectivity index (χ3n) is 12.7. The van der Waals surface area contributed by atoms with Crippen LogP contribution in [0.3, 0.4) is 0 Å². The highest BCUT2D eigenvalue weighted by Gasteiger charge is 2.51. The van der Waals surface area contributed by atoms with Gasteiger partial charge in [0.25, 0.3) is 0 Å². The summed E-state index contributed by atoms with van der Waals surface area (Å²) in [5.74, 6) is 8.61. The second-order valence-corrected chi connectivity index (χ2v) is 16.1. The maximum absolute atomic E-state index is 12.5. The molecule has 0 amide bonds. The normalized spacial score (nSPS) is 24.7. The quantitative estimate of drug-likeness (QED) is 0.118. The van der Waals surface area contributed by atoms with E-state index >= 15 is 0 Å². The fraction of sp³-hybridized carbons (Fsp3) is 0.391. The molecule has 294 valence electrons. The maximum Gasteiger partial charge on any atom is 0.302 e. The number of phenols is 2. The number of rotatable bonds is 6. The average molecular weight is 769 g/mol. The third-order valence-corrected chi connectivity index (χ3v) is 12.7. The van der Waals surface area contributed by atoms with Gasteiger partial charge in [0.2, 0.25) is 0 Å². The fourth-order valence-electron chi connectivity index (χ4n) is 10.3. The van der Waals surface area contributed by atoms with Crippen molar-refractivity contribution in [2.45, 2.75) is 75.0 Å². The number of phenolic OH excluding ortho intramolecular Hbond substituents is 2. The van der Waals surface area contributed by atoms with Crippen LogP contribution in [0.2, 0.25) is 0 Å². The first-order valence-electron chi connectivity index (χ1n) is 19.8. The molecule has 4 heterocycles. The third kappa shape index (κ3) is 6.22. The molecular weight excluding hydrogens is 721 g/mol. The Morgan fingerprint density at radius 2 is 1.95 bits per heavy atom. The molecule has 2 aliphatic carbocycles. The van der Waals surface area contributed by atoms with E-state index in [1.165, 1.54) is 6.92 Å². The molecule has 1 saturated carbocycles. The number of fused-ring (bicyclic) bond motifs is 9. The highest BCUT2D eigenvalue weighted by Crippen LogP contribution is 2.63. The summed E-state index contributed by atoms with van der Waals surface area (Å²) in [6, 6.07) is 13.3. The molecular formula is C46H48N4O7. The lowest BCUT2D eigenvalue weighted by Gasteiger charge is -2.39. The Bertz CT molecular complexity index is 2400. The number of nitrogen functional groups attached to an aromatic ring is 1. The van der Waals surface area contributed by atoms with Crippen LogP contribution in [-0.4, -0.2) is 67.7 Å². The van der Waals surface area contributed by atoms with Crippen LogP contribution in [0.4, 0.5) is 5.82 Å². The van der Waals surface area contributed by atoms with E-state index in [2.05, 4.69) is 46.7 Å². The summed E-state index contributed by atoms with van der Waals surface area (Å²) in [6.07, 6.45) is 7.61. The Kier molecular flexibility index (Phi) is 9.29. The number of esters is 1. The van der Waals surface area contributed by atoms with Gasteiger partial charge >= 0.3 is 5.97 Å². The summed E-state index contributed by atoms with van der Waals surface area (Å²) in [6.45, 7) is 2.04.